The van der Waals surface area contributed by atoms with E-state index < -0.39 is 10.0 Å². The second kappa shape index (κ2) is 8.24. The van der Waals surface area contributed by atoms with Crippen LogP contribution in [0.5, 0.6) is 0 Å². The number of nitrogens with one attached hydrogen (secondary N) is 1. The summed E-state index contributed by atoms with van der Waals surface area (Å²) in [5, 5.41) is 0. The molecule has 7 nitrogen and oxygen atoms in total. The topological polar surface area (TPSA) is 86.8 Å². The zero-order valence-corrected chi connectivity index (χ0v) is 17.6. The Morgan fingerprint density at radius 3 is 2.28 bits per heavy atom. The summed E-state index contributed by atoms with van der Waals surface area (Å²) >= 11 is 0. The van der Waals surface area contributed by atoms with Crippen molar-refractivity contribution < 1.29 is 18.0 Å². The second-order valence-electron chi connectivity index (χ2n) is 7.34. The van der Waals surface area contributed by atoms with Gasteiger partial charge in [0.2, 0.25) is 6.41 Å². The maximum Gasteiger partial charge on any atom is 0.262 e. The molecule has 154 valence electrons. The van der Waals surface area contributed by atoms with Gasteiger partial charge in [-0.3, -0.25) is 14.3 Å². The Hall–Kier alpha value is -2.87. The predicted molar refractivity (Wildman–Crippen MR) is 111 cm³/mol. The molecule has 1 aliphatic rings. The maximum atomic E-state index is 13.0. The van der Waals surface area contributed by atoms with Crippen molar-refractivity contribution >= 4 is 28.0 Å². The predicted octanol–water partition coefficient (Wildman–Crippen LogP) is 2.33. The van der Waals surface area contributed by atoms with Gasteiger partial charge in [0.1, 0.15) is 0 Å². The fourth-order valence-corrected chi connectivity index (χ4v) is 4.67. The molecule has 0 aliphatic carbocycles. The highest BCUT2D eigenvalue weighted by Gasteiger charge is 2.24. The summed E-state index contributed by atoms with van der Waals surface area (Å²) in [5.41, 5.74) is 3.16. The van der Waals surface area contributed by atoms with Crippen LogP contribution >= 0.6 is 0 Å². The van der Waals surface area contributed by atoms with Gasteiger partial charge in [-0.2, -0.15) is 0 Å². The Morgan fingerprint density at radius 2 is 1.62 bits per heavy atom. The largest absolute Gasteiger partial charge is 0.342 e. The summed E-state index contributed by atoms with van der Waals surface area (Å²) in [7, 11) is -3.86. The van der Waals surface area contributed by atoms with Gasteiger partial charge in [0.25, 0.3) is 15.9 Å². The molecule has 0 spiro atoms. The Balaban J connectivity index is 1.87. The zero-order valence-electron chi connectivity index (χ0n) is 16.8. The molecule has 2 aromatic carbocycles. The molecule has 2 amide bonds. The van der Waals surface area contributed by atoms with Gasteiger partial charge in [0.15, 0.2) is 0 Å². The van der Waals surface area contributed by atoms with Crippen LogP contribution in [-0.2, 0) is 14.8 Å². The summed E-state index contributed by atoms with van der Waals surface area (Å²) in [6, 6.07) is 10.3. The van der Waals surface area contributed by atoms with E-state index in [4.69, 9.17) is 0 Å². The van der Waals surface area contributed by atoms with Crippen molar-refractivity contribution in [3.05, 3.63) is 58.7 Å². The van der Waals surface area contributed by atoms with Crippen molar-refractivity contribution in [2.45, 2.75) is 25.7 Å². The summed E-state index contributed by atoms with van der Waals surface area (Å²) in [6.45, 7) is 7.23. The van der Waals surface area contributed by atoms with E-state index in [2.05, 4.69) is 4.72 Å². The Labute approximate surface area is 171 Å². The third-order valence-corrected chi connectivity index (χ3v) is 6.62. The molecule has 1 heterocycles. The van der Waals surface area contributed by atoms with Crippen LogP contribution in [0.2, 0.25) is 0 Å². The van der Waals surface area contributed by atoms with Crippen molar-refractivity contribution in [2.75, 3.05) is 30.9 Å². The minimum Gasteiger partial charge on any atom is -0.342 e. The van der Waals surface area contributed by atoms with Gasteiger partial charge in [-0.15, -0.1) is 0 Å². The number of anilines is 1. The average molecular weight is 416 g/mol. The molecule has 0 atom stereocenters. The molecule has 2 aromatic rings. The first-order valence-electron chi connectivity index (χ1n) is 9.40. The number of piperazine rings is 1. The van der Waals surface area contributed by atoms with Crippen molar-refractivity contribution in [3.8, 4) is 0 Å². The van der Waals surface area contributed by atoms with Crippen LogP contribution in [0, 0.1) is 20.8 Å². The Kier molecular flexibility index (Phi) is 5.93. The highest BCUT2D eigenvalue weighted by atomic mass is 32.2. The molecule has 8 heteroatoms. The number of amides is 2. The number of sulfonamides is 1. The molecule has 1 saturated heterocycles. The molecule has 0 saturated carbocycles. The van der Waals surface area contributed by atoms with Crippen LogP contribution in [0.15, 0.2) is 41.3 Å². The first-order valence-corrected chi connectivity index (χ1v) is 10.9. The summed E-state index contributed by atoms with van der Waals surface area (Å²) in [6.07, 6.45) is 0.775. The molecular weight excluding hydrogens is 390 g/mol. The lowest BCUT2D eigenvalue weighted by atomic mass is 10.1. The fraction of sp³-hybridized carbons (Fsp3) is 0.333. The van der Waals surface area contributed by atoms with Gasteiger partial charge in [0, 0.05) is 31.7 Å². The lowest BCUT2D eigenvalue weighted by Gasteiger charge is -2.32. The van der Waals surface area contributed by atoms with Crippen LogP contribution in [0.3, 0.4) is 0 Å². The quantitative estimate of drug-likeness (QED) is 0.760. The fourth-order valence-electron chi connectivity index (χ4n) is 3.28. The van der Waals surface area contributed by atoms with E-state index in [1.807, 2.05) is 26.0 Å². The minimum absolute atomic E-state index is 0.0794. The van der Waals surface area contributed by atoms with Gasteiger partial charge in [-0.1, -0.05) is 18.2 Å². The molecule has 0 unspecified atom stereocenters. The molecular formula is C21H25N3O4S. The van der Waals surface area contributed by atoms with Crippen molar-refractivity contribution in [1.82, 2.24) is 9.80 Å². The highest BCUT2D eigenvalue weighted by Crippen LogP contribution is 2.24. The normalized spacial score (nSPS) is 14.6. The standard InChI is InChI=1S/C21H25N3O4S/c1-15-4-5-16(2)19(12-15)22-29(27,28)20-13-18(7-6-17(20)3)21(26)24-10-8-23(14-25)9-11-24/h4-7,12-14,22H,8-11H2,1-3H3. The number of benzene rings is 2. The van der Waals surface area contributed by atoms with Crippen molar-refractivity contribution in [2.24, 2.45) is 0 Å². The summed E-state index contributed by atoms with van der Waals surface area (Å²) < 4.78 is 28.7. The highest BCUT2D eigenvalue weighted by molar-refractivity contribution is 7.92. The van der Waals surface area contributed by atoms with E-state index in [0.29, 0.717) is 43.0 Å². The van der Waals surface area contributed by atoms with Gasteiger partial charge in [0.05, 0.1) is 10.6 Å². The lowest BCUT2D eigenvalue weighted by Crippen LogP contribution is -2.48. The zero-order chi connectivity index (χ0) is 21.2. The minimum atomic E-state index is -3.86. The number of aryl methyl sites for hydroxylation is 3. The molecule has 0 radical (unpaired) electrons. The van der Waals surface area contributed by atoms with E-state index in [1.54, 1.807) is 34.9 Å². The molecule has 1 aliphatic heterocycles. The van der Waals surface area contributed by atoms with Crippen molar-refractivity contribution in [1.29, 1.82) is 0 Å². The molecule has 1 fully saturated rings. The van der Waals surface area contributed by atoms with Gasteiger partial charge in [-0.05, 0) is 55.7 Å². The summed E-state index contributed by atoms with van der Waals surface area (Å²) in [5.74, 6) is -0.237. The van der Waals surface area contributed by atoms with E-state index in [1.165, 1.54) is 6.07 Å². The summed E-state index contributed by atoms with van der Waals surface area (Å²) in [4.78, 5) is 27.0. The van der Waals surface area contributed by atoms with Crippen LogP contribution in [-0.4, -0.2) is 56.7 Å². The van der Waals surface area contributed by atoms with E-state index in [-0.39, 0.29) is 10.8 Å². The second-order valence-corrected chi connectivity index (χ2v) is 8.99. The molecule has 1 N–H and O–H groups in total. The van der Waals surface area contributed by atoms with Crippen LogP contribution in [0.4, 0.5) is 5.69 Å². The van der Waals surface area contributed by atoms with Crippen LogP contribution in [0.25, 0.3) is 0 Å². The number of carbonyl (C=O) groups is 2. The number of hydrogen-bond acceptors (Lipinski definition) is 4. The number of hydrogen-bond donors (Lipinski definition) is 1. The Morgan fingerprint density at radius 1 is 0.966 bits per heavy atom. The smallest absolute Gasteiger partial charge is 0.262 e. The molecule has 3 rings (SSSR count). The van der Waals surface area contributed by atoms with Gasteiger partial charge < -0.3 is 9.80 Å². The van der Waals surface area contributed by atoms with Gasteiger partial charge >= 0.3 is 0 Å². The Bertz CT molecular complexity index is 1040. The van der Waals surface area contributed by atoms with E-state index in [9.17, 15) is 18.0 Å². The molecule has 0 aromatic heterocycles. The number of carbonyl (C=O) groups excluding carboxylic acids is 2. The van der Waals surface area contributed by atoms with Crippen LogP contribution < -0.4 is 4.72 Å². The third kappa shape index (κ3) is 4.59. The maximum absolute atomic E-state index is 13.0. The third-order valence-electron chi connectivity index (χ3n) is 5.11. The number of nitrogens with zero attached hydrogens (tertiary/aromatic N) is 2. The van der Waals surface area contributed by atoms with Gasteiger partial charge in [-0.25, -0.2) is 8.42 Å². The SMILES string of the molecule is Cc1ccc(C)c(NS(=O)(=O)c2cc(C(=O)N3CCN(C=O)CC3)ccc2C)c1. The monoisotopic (exact) mass is 415 g/mol. The van der Waals surface area contributed by atoms with Crippen LogP contribution in [0.1, 0.15) is 27.0 Å². The number of rotatable bonds is 5. The lowest BCUT2D eigenvalue weighted by molar-refractivity contribution is -0.119. The van der Waals surface area contributed by atoms with E-state index >= 15 is 0 Å². The van der Waals surface area contributed by atoms with Crippen molar-refractivity contribution in [3.63, 3.8) is 0 Å². The first kappa shape index (κ1) is 20.9. The average Bonchev–Trinajstić information content (AvgIpc) is 2.70. The van der Waals surface area contributed by atoms with E-state index in [0.717, 1.165) is 17.5 Å². The molecule has 0 bridgehead atoms. The first-order chi connectivity index (χ1) is 13.7. The molecule has 29 heavy (non-hydrogen) atoms.